The molecule has 1 fully saturated rings. The van der Waals surface area contributed by atoms with Crippen molar-refractivity contribution < 1.29 is 9.53 Å². The lowest BCUT2D eigenvalue weighted by Crippen LogP contribution is -2.21. The molecule has 0 saturated heterocycles. The lowest BCUT2D eigenvalue weighted by molar-refractivity contribution is -0.120. The van der Waals surface area contributed by atoms with Gasteiger partial charge in [-0.1, -0.05) is 58.0 Å². The molecule has 26 heavy (non-hydrogen) atoms. The third-order valence-electron chi connectivity index (χ3n) is 6.12. The van der Waals surface area contributed by atoms with Gasteiger partial charge in [0.1, 0.15) is 0 Å². The van der Waals surface area contributed by atoms with Crippen molar-refractivity contribution >= 4 is 17.2 Å². The van der Waals surface area contributed by atoms with Gasteiger partial charge in [-0.3, -0.25) is 4.79 Å². The number of methoxy groups -OCH3 is 1. The van der Waals surface area contributed by atoms with E-state index < -0.39 is 0 Å². The highest BCUT2D eigenvalue weighted by Gasteiger charge is 2.68. The van der Waals surface area contributed by atoms with Crippen LogP contribution in [0.15, 0.2) is 35.3 Å². The van der Waals surface area contributed by atoms with Gasteiger partial charge in [-0.05, 0) is 23.3 Å². The maximum atomic E-state index is 12.9. The number of aromatic nitrogens is 1. The molecule has 1 aliphatic rings. The molecular formula is C21H28N2O2S. The summed E-state index contributed by atoms with van der Waals surface area (Å²) in [5.74, 6) is -0.0273. The molecule has 1 aromatic heterocycles. The van der Waals surface area contributed by atoms with Crippen LogP contribution in [0.5, 0.6) is 0 Å². The highest BCUT2D eigenvalue weighted by molar-refractivity contribution is 7.09. The molecule has 0 bridgehead atoms. The minimum Gasteiger partial charge on any atom is -0.383 e. The maximum Gasteiger partial charge on any atom is 0.252 e. The Morgan fingerprint density at radius 3 is 2.35 bits per heavy atom. The van der Waals surface area contributed by atoms with Crippen LogP contribution in [-0.4, -0.2) is 24.2 Å². The first kappa shape index (κ1) is 19.1. The predicted molar refractivity (Wildman–Crippen MR) is 106 cm³/mol. The number of nitrogens with zero attached hydrogens (tertiary/aromatic N) is 2. The van der Waals surface area contributed by atoms with Gasteiger partial charge in [-0.25, -0.2) is 0 Å². The zero-order chi connectivity index (χ0) is 19.1. The molecule has 0 radical (unpaired) electrons. The molecule has 140 valence electrons. The standard InChI is InChI=1S/C21H28N2O2S/c1-14-16(15-10-8-7-9-11-15)23(12-13-25-6)19(26-14)22-18(24)17-20(2,3)21(17,4)5/h7-11,17H,12-13H2,1-6H3/b22-19-. The molecule has 0 N–H and O–H groups in total. The van der Waals surface area contributed by atoms with E-state index in [0.717, 1.165) is 20.9 Å². The number of ether oxygens (including phenoxy) is 1. The first-order valence-electron chi connectivity index (χ1n) is 9.05. The number of carbonyl (C=O) groups is 1. The van der Waals surface area contributed by atoms with Gasteiger partial charge >= 0.3 is 0 Å². The minimum absolute atomic E-state index is 0.000489. The number of rotatable bonds is 5. The molecule has 3 rings (SSSR count). The van der Waals surface area contributed by atoms with Crippen molar-refractivity contribution in [1.29, 1.82) is 0 Å². The summed E-state index contributed by atoms with van der Waals surface area (Å²) in [5, 5.41) is 0. The lowest BCUT2D eigenvalue weighted by atomic mass is 10.0. The number of hydrogen-bond acceptors (Lipinski definition) is 3. The fraction of sp³-hybridized carbons (Fsp3) is 0.524. The Hall–Kier alpha value is -1.72. The fourth-order valence-corrected chi connectivity index (χ4v) is 4.95. The van der Waals surface area contributed by atoms with E-state index in [-0.39, 0.29) is 22.7 Å². The SMILES string of the molecule is COCCn1c(-c2ccccc2)c(C)s/c1=N\C(=O)C1C(C)(C)C1(C)C. The zero-order valence-electron chi connectivity index (χ0n) is 16.5. The molecule has 1 aromatic carbocycles. The van der Waals surface area contributed by atoms with Crippen molar-refractivity contribution in [2.75, 3.05) is 13.7 Å². The van der Waals surface area contributed by atoms with Crippen molar-refractivity contribution in [2.45, 2.75) is 41.2 Å². The Balaban J connectivity index is 2.06. The number of benzene rings is 1. The second-order valence-corrected chi connectivity index (χ2v) is 9.31. The lowest BCUT2D eigenvalue weighted by Gasteiger charge is -2.09. The third kappa shape index (κ3) is 3.08. The number of amides is 1. The molecule has 2 aromatic rings. The van der Waals surface area contributed by atoms with E-state index in [1.54, 1.807) is 18.4 Å². The van der Waals surface area contributed by atoms with E-state index in [0.29, 0.717) is 13.2 Å². The number of hydrogen-bond donors (Lipinski definition) is 0. The molecule has 1 amide bonds. The Kier molecular flexibility index (Phi) is 4.97. The third-order valence-corrected chi connectivity index (χ3v) is 7.11. The summed E-state index contributed by atoms with van der Waals surface area (Å²) in [6, 6.07) is 10.3. The average Bonchev–Trinajstić information content (AvgIpc) is 2.83. The molecule has 1 heterocycles. The molecule has 1 saturated carbocycles. The van der Waals surface area contributed by atoms with Gasteiger partial charge in [0.2, 0.25) is 0 Å². The van der Waals surface area contributed by atoms with Crippen LogP contribution >= 0.6 is 11.3 Å². The van der Waals surface area contributed by atoms with Crippen LogP contribution in [0.4, 0.5) is 0 Å². The summed E-state index contributed by atoms with van der Waals surface area (Å²) in [6.07, 6.45) is 0. The summed E-state index contributed by atoms with van der Waals surface area (Å²) in [4.78, 5) is 19.4. The van der Waals surface area contributed by atoms with Crippen LogP contribution in [0.1, 0.15) is 32.6 Å². The van der Waals surface area contributed by atoms with E-state index in [1.165, 1.54) is 0 Å². The van der Waals surface area contributed by atoms with Crippen LogP contribution in [0, 0.1) is 23.7 Å². The monoisotopic (exact) mass is 372 g/mol. The Morgan fingerprint density at radius 2 is 1.81 bits per heavy atom. The molecule has 5 heteroatoms. The van der Waals surface area contributed by atoms with Crippen molar-refractivity contribution in [2.24, 2.45) is 21.7 Å². The van der Waals surface area contributed by atoms with Crippen molar-refractivity contribution in [3.05, 3.63) is 40.0 Å². The summed E-state index contributed by atoms with van der Waals surface area (Å²) in [6.45, 7) is 12.0. The van der Waals surface area contributed by atoms with Crippen LogP contribution in [0.2, 0.25) is 0 Å². The van der Waals surface area contributed by atoms with Crippen molar-refractivity contribution in [3.63, 3.8) is 0 Å². The van der Waals surface area contributed by atoms with Gasteiger partial charge < -0.3 is 9.30 Å². The summed E-state index contributed by atoms with van der Waals surface area (Å²) in [5.41, 5.74) is 2.26. The van der Waals surface area contributed by atoms with E-state index in [1.807, 2.05) is 18.2 Å². The number of aryl methyl sites for hydroxylation is 1. The van der Waals surface area contributed by atoms with Crippen LogP contribution < -0.4 is 4.80 Å². The molecule has 0 unspecified atom stereocenters. The largest absolute Gasteiger partial charge is 0.383 e. The molecule has 0 spiro atoms. The van der Waals surface area contributed by atoms with E-state index in [9.17, 15) is 4.79 Å². The second-order valence-electron chi connectivity index (χ2n) is 8.13. The smallest absolute Gasteiger partial charge is 0.252 e. The van der Waals surface area contributed by atoms with E-state index >= 15 is 0 Å². The topological polar surface area (TPSA) is 43.6 Å². The quantitative estimate of drug-likeness (QED) is 0.786. The van der Waals surface area contributed by atoms with E-state index in [2.05, 4.69) is 56.3 Å². The zero-order valence-corrected chi connectivity index (χ0v) is 17.3. The number of thiazole rings is 1. The predicted octanol–water partition coefficient (Wildman–Crippen LogP) is 4.28. The highest BCUT2D eigenvalue weighted by Crippen LogP contribution is 2.68. The van der Waals surface area contributed by atoms with Crippen molar-refractivity contribution in [3.8, 4) is 11.3 Å². The molecule has 0 aliphatic heterocycles. The van der Waals surface area contributed by atoms with Gasteiger partial charge in [0.05, 0.1) is 18.2 Å². The first-order valence-corrected chi connectivity index (χ1v) is 9.86. The Labute approximate surface area is 159 Å². The highest BCUT2D eigenvalue weighted by atomic mass is 32.1. The second kappa shape index (κ2) is 6.78. The molecule has 0 atom stereocenters. The maximum absolute atomic E-state index is 12.9. The average molecular weight is 373 g/mol. The Morgan fingerprint density at radius 1 is 1.19 bits per heavy atom. The first-order chi connectivity index (χ1) is 12.2. The van der Waals surface area contributed by atoms with Gasteiger partial charge in [0.15, 0.2) is 4.80 Å². The molecule has 1 aliphatic carbocycles. The molecule has 4 nitrogen and oxygen atoms in total. The van der Waals surface area contributed by atoms with Gasteiger partial charge in [-0.15, -0.1) is 11.3 Å². The normalized spacial score (nSPS) is 18.9. The molecular weight excluding hydrogens is 344 g/mol. The van der Waals surface area contributed by atoms with Crippen LogP contribution in [0.3, 0.4) is 0 Å². The van der Waals surface area contributed by atoms with Crippen LogP contribution in [0.25, 0.3) is 11.3 Å². The summed E-state index contributed by atoms with van der Waals surface area (Å²) < 4.78 is 7.41. The minimum atomic E-state index is -0.0199. The van der Waals surface area contributed by atoms with Gasteiger partial charge in [-0.2, -0.15) is 4.99 Å². The Bertz CT molecular complexity index is 861. The van der Waals surface area contributed by atoms with Crippen LogP contribution in [-0.2, 0) is 16.1 Å². The number of carbonyl (C=O) groups excluding carboxylic acids is 1. The fourth-order valence-electron chi connectivity index (χ4n) is 3.93. The summed E-state index contributed by atoms with van der Waals surface area (Å²) in [7, 11) is 1.69. The van der Waals surface area contributed by atoms with Gasteiger partial charge in [0.25, 0.3) is 5.91 Å². The van der Waals surface area contributed by atoms with E-state index in [4.69, 9.17) is 4.74 Å². The summed E-state index contributed by atoms with van der Waals surface area (Å²) >= 11 is 1.58. The van der Waals surface area contributed by atoms with Gasteiger partial charge in [0, 0.05) is 18.5 Å². The van der Waals surface area contributed by atoms with Crippen molar-refractivity contribution in [1.82, 2.24) is 4.57 Å².